The molecule has 2 unspecified atom stereocenters. The van der Waals surface area contributed by atoms with E-state index in [4.69, 9.17) is 4.74 Å². The third-order valence-electron chi connectivity index (χ3n) is 6.60. The number of rotatable bonds is 9. The lowest BCUT2D eigenvalue weighted by Crippen LogP contribution is -2.44. The van der Waals surface area contributed by atoms with E-state index in [1.807, 2.05) is 0 Å². The lowest BCUT2D eigenvalue weighted by atomic mass is 9.94. The predicted molar refractivity (Wildman–Crippen MR) is 148 cm³/mol. The van der Waals surface area contributed by atoms with Crippen molar-refractivity contribution in [2.75, 3.05) is 18.4 Å². The molecule has 0 saturated carbocycles. The summed E-state index contributed by atoms with van der Waals surface area (Å²) in [5, 5.41) is 6.13. The molecule has 9 nitrogen and oxygen atoms in total. The molecule has 0 amide bonds. The van der Waals surface area contributed by atoms with Crippen LogP contribution >= 0.6 is 0 Å². The highest BCUT2D eigenvalue weighted by atomic mass is 32.2. The van der Waals surface area contributed by atoms with E-state index in [9.17, 15) is 13.2 Å². The van der Waals surface area contributed by atoms with Gasteiger partial charge in [-0.3, -0.25) is 4.55 Å². The molecular weight excluding hydrogens is 557 g/mol. The zero-order valence-electron chi connectivity index (χ0n) is 21.9. The van der Waals surface area contributed by atoms with Gasteiger partial charge in [-0.2, -0.15) is 4.39 Å². The molecule has 2 aromatic carbocycles. The van der Waals surface area contributed by atoms with E-state index in [0.717, 1.165) is 0 Å². The fourth-order valence-electron chi connectivity index (χ4n) is 4.74. The Labute approximate surface area is 237 Å². The van der Waals surface area contributed by atoms with Crippen LogP contribution in [0.15, 0.2) is 67.0 Å². The minimum absolute atomic E-state index is 0.0278. The second-order valence-electron chi connectivity index (χ2n) is 9.50. The number of aryl methyl sites for hydroxylation is 1. The number of benzene rings is 2. The normalized spacial score (nSPS) is 18.5. The van der Waals surface area contributed by atoms with E-state index in [2.05, 4.69) is 30.3 Å². The highest BCUT2D eigenvalue weighted by Gasteiger charge is 2.27. The maximum Gasteiger partial charge on any atom is 0.232 e. The van der Waals surface area contributed by atoms with Crippen molar-refractivity contribution in [1.29, 1.82) is 0 Å². The van der Waals surface area contributed by atoms with Crippen molar-refractivity contribution in [3.8, 4) is 22.9 Å². The van der Waals surface area contributed by atoms with Crippen molar-refractivity contribution < 1.29 is 26.7 Å². The van der Waals surface area contributed by atoms with Gasteiger partial charge in [0.05, 0.1) is 17.3 Å². The molecule has 1 aliphatic heterocycles. The molecule has 4 N–H and O–H groups in total. The molecule has 3 heterocycles. The third kappa shape index (κ3) is 6.70. The Kier molecular flexibility index (Phi) is 8.88. The molecule has 1 aliphatic rings. The number of piperidine rings is 1. The summed E-state index contributed by atoms with van der Waals surface area (Å²) in [6.45, 7) is 2.41. The number of halogens is 3. The number of hydrogen-bond acceptors (Lipinski definition) is 7. The van der Waals surface area contributed by atoms with Crippen LogP contribution in [-0.2, 0) is 11.3 Å². The topological polar surface area (TPSA) is 121 Å². The van der Waals surface area contributed by atoms with Crippen LogP contribution in [0.5, 0.6) is 11.6 Å². The van der Waals surface area contributed by atoms with Crippen LogP contribution in [0.3, 0.4) is 0 Å². The van der Waals surface area contributed by atoms with Crippen molar-refractivity contribution in [2.24, 2.45) is 0 Å². The molecule has 214 valence electrons. The molecule has 0 aliphatic carbocycles. The minimum Gasteiger partial charge on any atom is -0.435 e. The summed E-state index contributed by atoms with van der Waals surface area (Å²) in [5.74, 6) is -2.69. The Morgan fingerprint density at radius 2 is 1.88 bits per heavy atom. The van der Waals surface area contributed by atoms with Gasteiger partial charge in [0.15, 0.2) is 11.6 Å². The first-order chi connectivity index (χ1) is 19.8. The van der Waals surface area contributed by atoms with Gasteiger partial charge >= 0.3 is 0 Å². The molecule has 2 aromatic heterocycles. The van der Waals surface area contributed by atoms with Gasteiger partial charge in [0.25, 0.3) is 0 Å². The van der Waals surface area contributed by atoms with Gasteiger partial charge in [-0.05, 0) is 42.3 Å². The van der Waals surface area contributed by atoms with Gasteiger partial charge in [-0.15, -0.1) is 0 Å². The highest BCUT2D eigenvalue weighted by molar-refractivity contribution is 7.77. The largest absolute Gasteiger partial charge is 0.435 e. The predicted octanol–water partition coefficient (Wildman–Crippen LogP) is 4.85. The first-order valence-electron chi connectivity index (χ1n) is 12.8. The van der Waals surface area contributed by atoms with Crippen LogP contribution in [0.4, 0.5) is 19.1 Å². The fourth-order valence-corrected chi connectivity index (χ4v) is 5.19. The van der Waals surface area contributed by atoms with Crippen LogP contribution in [0, 0.1) is 18.6 Å². The van der Waals surface area contributed by atoms with Crippen molar-refractivity contribution >= 4 is 17.2 Å². The number of hydrogen-bond donors (Lipinski definition) is 4. The van der Waals surface area contributed by atoms with E-state index in [0.29, 0.717) is 36.3 Å². The van der Waals surface area contributed by atoms with E-state index < -0.39 is 40.9 Å². The first kappa shape index (κ1) is 28.6. The van der Waals surface area contributed by atoms with E-state index in [1.165, 1.54) is 18.5 Å². The summed E-state index contributed by atoms with van der Waals surface area (Å²) in [7, 11) is 0. The molecule has 0 bridgehead atoms. The molecule has 41 heavy (non-hydrogen) atoms. The fraction of sp³-hybridized carbons (Fsp3) is 0.250. The standard InChI is InChI=1S/C28H27F3N6O3S/c1-16-12-22(24(30)25(31)23(16)26(37-41(38)39)17-6-3-2-4-7-17)40-27-20(8-5-10-33-27)21-9-11-34-28(36-21)35-19-13-18(29)14-32-15-19/h2-12,18-19,26,32,37H,13-15H2,1H3,(H,38,39)(H,34,35,36)/t18-,19-,26?/m0/s1. The Morgan fingerprint density at radius 3 is 2.63 bits per heavy atom. The summed E-state index contributed by atoms with van der Waals surface area (Å²) in [6.07, 6.45) is 2.30. The SMILES string of the molecule is Cc1cc(Oc2ncccc2-c2ccnc(N[C@@H]3CNC[C@@H](F)C3)n2)c(F)c(F)c1C(NS(=O)O)c1ccccc1. The lowest BCUT2D eigenvalue weighted by molar-refractivity contribution is 0.254. The number of alkyl halides is 1. The monoisotopic (exact) mass is 584 g/mol. The molecule has 4 atom stereocenters. The van der Waals surface area contributed by atoms with Crippen molar-refractivity contribution in [2.45, 2.75) is 31.6 Å². The number of nitrogens with zero attached hydrogens (tertiary/aromatic N) is 3. The zero-order chi connectivity index (χ0) is 28.9. The second kappa shape index (κ2) is 12.7. The number of pyridine rings is 1. The van der Waals surface area contributed by atoms with Gasteiger partial charge in [0.2, 0.25) is 28.9 Å². The van der Waals surface area contributed by atoms with Crippen LogP contribution in [0.2, 0.25) is 0 Å². The second-order valence-corrected chi connectivity index (χ2v) is 10.2. The van der Waals surface area contributed by atoms with Crippen LogP contribution < -0.4 is 20.1 Å². The molecule has 0 spiro atoms. The van der Waals surface area contributed by atoms with Crippen LogP contribution in [-0.4, -0.2) is 49.0 Å². The van der Waals surface area contributed by atoms with E-state index in [1.54, 1.807) is 55.5 Å². The summed E-state index contributed by atoms with van der Waals surface area (Å²) >= 11 is -2.51. The Balaban J connectivity index is 1.45. The Hall–Kier alpha value is -3.91. The Bertz CT molecular complexity index is 1550. The van der Waals surface area contributed by atoms with Crippen molar-refractivity contribution in [3.63, 3.8) is 0 Å². The molecule has 1 fully saturated rings. The summed E-state index contributed by atoms with van der Waals surface area (Å²) < 4.78 is 74.1. The zero-order valence-corrected chi connectivity index (χ0v) is 22.7. The van der Waals surface area contributed by atoms with Gasteiger partial charge in [-0.1, -0.05) is 30.3 Å². The molecule has 4 aromatic rings. The van der Waals surface area contributed by atoms with E-state index in [-0.39, 0.29) is 29.0 Å². The maximum absolute atomic E-state index is 15.6. The van der Waals surface area contributed by atoms with Crippen molar-refractivity contribution in [3.05, 3.63) is 95.3 Å². The molecule has 1 saturated heterocycles. The maximum atomic E-state index is 15.6. The van der Waals surface area contributed by atoms with Gasteiger partial charge in [0.1, 0.15) is 6.17 Å². The smallest absolute Gasteiger partial charge is 0.232 e. The number of nitrogens with one attached hydrogen (secondary N) is 3. The van der Waals surface area contributed by atoms with E-state index >= 15 is 8.78 Å². The van der Waals surface area contributed by atoms with Crippen LogP contribution in [0.25, 0.3) is 11.3 Å². The average Bonchev–Trinajstić information content (AvgIpc) is 2.96. The molecule has 5 rings (SSSR count). The quantitative estimate of drug-likeness (QED) is 0.206. The van der Waals surface area contributed by atoms with Gasteiger partial charge in [0, 0.05) is 43.5 Å². The van der Waals surface area contributed by atoms with Crippen LogP contribution in [0.1, 0.15) is 29.2 Å². The number of ether oxygens (including phenoxy) is 1. The highest BCUT2D eigenvalue weighted by Crippen LogP contribution is 2.37. The number of anilines is 1. The first-order valence-corrected chi connectivity index (χ1v) is 13.9. The Morgan fingerprint density at radius 1 is 1.07 bits per heavy atom. The summed E-state index contributed by atoms with van der Waals surface area (Å²) in [6, 6.07) is 13.3. The minimum atomic E-state index is -2.51. The van der Waals surface area contributed by atoms with Gasteiger partial charge < -0.3 is 15.4 Å². The summed E-state index contributed by atoms with van der Waals surface area (Å²) in [5.41, 5.74) is 1.41. The lowest BCUT2D eigenvalue weighted by Gasteiger charge is -2.26. The molecule has 0 radical (unpaired) electrons. The summed E-state index contributed by atoms with van der Waals surface area (Å²) in [4.78, 5) is 12.9. The third-order valence-corrected chi connectivity index (χ3v) is 7.03. The average molecular weight is 585 g/mol. The molecular formula is C28H27F3N6O3S. The molecule has 13 heteroatoms. The van der Waals surface area contributed by atoms with Crippen molar-refractivity contribution in [1.82, 2.24) is 25.0 Å². The van der Waals surface area contributed by atoms with Gasteiger partial charge in [-0.25, -0.2) is 32.7 Å². The number of aromatic nitrogens is 3.